The standard InChI is InChI=1S/C7H8ClN3O2S/c8-6-11-10-5(14-6)4(13)9-7(3-12)1-2-7/h12H,1-3H2,(H,9,13). The van der Waals surface area contributed by atoms with Crippen LogP contribution in [0.25, 0.3) is 0 Å². The van der Waals surface area contributed by atoms with E-state index in [4.69, 9.17) is 16.7 Å². The van der Waals surface area contributed by atoms with Gasteiger partial charge in [0, 0.05) is 0 Å². The first-order chi connectivity index (χ1) is 6.65. The van der Waals surface area contributed by atoms with Gasteiger partial charge >= 0.3 is 0 Å². The number of carbonyl (C=O) groups is 1. The van der Waals surface area contributed by atoms with Crippen molar-refractivity contribution in [3.8, 4) is 0 Å². The lowest BCUT2D eigenvalue weighted by Crippen LogP contribution is -2.39. The van der Waals surface area contributed by atoms with Gasteiger partial charge in [-0.3, -0.25) is 4.79 Å². The van der Waals surface area contributed by atoms with Crippen molar-refractivity contribution < 1.29 is 9.90 Å². The van der Waals surface area contributed by atoms with Crippen LogP contribution in [0.4, 0.5) is 0 Å². The van der Waals surface area contributed by atoms with Gasteiger partial charge in [0.05, 0.1) is 12.1 Å². The predicted molar refractivity (Wildman–Crippen MR) is 51.4 cm³/mol. The van der Waals surface area contributed by atoms with E-state index in [0.29, 0.717) is 0 Å². The van der Waals surface area contributed by atoms with E-state index < -0.39 is 5.54 Å². The zero-order valence-electron chi connectivity index (χ0n) is 7.16. The van der Waals surface area contributed by atoms with Gasteiger partial charge in [0.15, 0.2) is 0 Å². The third-order valence-corrected chi connectivity index (χ3v) is 3.15. The molecular weight excluding hydrogens is 226 g/mol. The van der Waals surface area contributed by atoms with E-state index in [2.05, 4.69) is 15.5 Å². The van der Waals surface area contributed by atoms with E-state index in [1.807, 2.05) is 0 Å². The summed E-state index contributed by atoms with van der Waals surface area (Å²) in [5.41, 5.74) is -0.421. The Morgan fingerprint density at radius 1 is 1.64 bits per heavy atom. The largest absolute Gasteiger partial charge is 0.394 e. The fourth-order valence-electron chi connectivity index (χ4n) is 1.06. The molecule has 1 amide bonds. The lowest BCUT2D eigenvalue weighted by atomic mass is 10.3. The maximum absolute atomic E-state index is 11.5. The summed E-state index contributed by atoms with van der Waals surface area (Å²) in [6, 6.07) is 0. The number of nitrogens with one attached hydrogen (secondary N) is 1. The second kappa shape index (κ2) is 3.45. The molecule has 0 aliphatic heterocycles. The quantitative estimate of drug-likeness (QED) is 0.795. The number of hydrogen-bond donors (Lipinski definition) is 2. The highest BCUT2D eigenvalue weighted by Gasteiger charge is 2.43. The van der Waals surface area contributed by atoms with Crippen molar-refractivity contribution in [2.45, 2.75) is 18.4 Å². The molecule has 14 heavy (non-hydrogen) atoms. The van der Waals surface area contributed by atoms with Crippen molar-refractivity contribution in [3.63, 3.8) is 0 Å². The Morgan fingerprint density at radius 2 is 2.36 bits per heavy atom. The van der Waals surface area contributed by atoms with Crippen LogP contribution in [-0.2, 0) is 0 Å². The SMILES string of the molecule is O=C(NC1(CO)CC1)c1nnc(Cl)s1. The highest BCUT2D eigenvalue weighted by Crippen LogP contribution is 2.34. The van der Waals surface area contributed by atoms with Crippen LogP contribution in [0, 0.1) is 0 Å². The molecule has 0 unspecified atom stereocenters. The number of rotatable bonds is 3. The van der Waals surface area contributed by atoms with Crippen molar-refractivity contribution in [2.24, 2.45) is 0 Å². The molecule has 76 valence electrons. The normalized spacial score (nSPS) is 17.9. The van der Waals surface area contributed by atoms with Gasteiger partial charge in [-0.1, -0.05) is 11.3 Å². The Bertz CT molecular complexity index is 364. The van der Waals surface area contributed by atoms with Crippen molar-refractivity contribution in [2.75, 3.05) is 6.61 Å². The molecule has 2 rings (SSSR count). The van der Waals surface area contributed by atoms with E-state index in [1.54, 1.807) is 0 Å². The van der Waals surface area contributed by atoms with E-state index >= 15 is 0 Å². The number of halogens is 1. The maximum Gasteiger partial charge on any atom is 0.282 e. The van der Waals surface area contributed by atoms with Crippen LogP contribution in [0.2, 0.25) is 4.47 Å². The Kier molecular flexibility index (Phi) is 2.42. The lowest BCUT2D eigenvalue weighted by Gasteiger charge is -2.11. The zero-order chi connectivity index (χ0) is 10.2. The number of aromatic nitrogens is 2. The molecule has 0 radical (unpaired) electrons. The molecule has 1 aliphatic carbocycles. The number of amides is 1. The molecule has 1 aromatic rings. The first-order valence-corrected chi connectivity index (χ1v) is 5.27. The van der Waals surface area contributed by atoms with Crippen molar-refractivity contribution in [3.05, 3.63) is 9.47 Å². The second-order valence-corrected chi connectivity index (χ2v) is 4.81. The molecule has 2 N–H and O–H groups in total. The summed E-state index contributed by atoms with van der Waals surface area (Å²) in [5.74, 6) is -0.319. The van der Waals surface area contributed by atoms with Gasteiger partial charge in [0.25, 0.3) is 5.91 Å². The Labute approximate surface area is 89.1 Å². The highest BCUT2D eigenvalue weighted by molar-refractivity contribution is 7.17. The molecule has 1 fully saturated rings. The molecule has 0 atom stereocenters. The van der Waals surface area contributed by atoms with Crippen LogP contribution < -0.4 is 5.32 Å². The van der Waals surface area contributed by atoms with Crippen LogP contribution in [0.15, 0.2) is 0 Å². The molecule has 0 bridgehead atoms. The van der Waals surface area contributed by atoms with E-state index in [1.165, 1.54) is 0 Å². The molecule has 1 aromatic heterocycles. The van der Waals surface area contributed by atoms with Gasteiger partial charge in [-0.25, -0.2) is 0 Å². The van der Waals surface area contributed by atoms with Crippen LogP contribution >= 0.6 is 22.9 Å². The van der Waals surface area contributed by atoms with Crippen molar-refractivity contribution in [1.29, 1.82) is 0 Å². The molecule has 0 saturated heterocycles. The molecule has 1 heterocycles. The predicted octanol–water partition coefficient (Wildman–Crippen LogP) is 0.446. The van der Waals surface area contributed by atoms with Gasteiger partial charge in [-0.05, 0) is 24.4 Å². The summed E-state index contributed by atoms with van der Waals surface area (Å²) in [5, 5.41) is 19.1. The summed E-state index contributed by atoms with van der Waals surface area (Å²) < 4.78 is 0.240. The minimum absolute atomic E-state index is 0.0364. The summed E-state index contributed by atoms with van der Waals surface area (Å²) >= 11 is 6.57. The van der Waals surface area contributed by atoms with Crippen LogP contribution in [-0.4, -0.2) is 33.4 Å². The fraction of sp³-hybridized carbons (Fsp3) is 0.571. The summed E-state index contributed by atoms with van der Waals surface area (Å²) in [4.78, 5) is 11.5. The third kappa shape index (κ3) is 1.87. The van der Waals surface area contributed by atoms with Crippen LogP contribution in [0.5, 0.6) is 0 Å². The molecule has 0 spiro atoms. The van der Waals surface area contributed by atoms with E-state index in [0.717, 1.165) is 24.2 Å². The molecule has 1 saturated carbocycles. The molecular formula is C7H8ClN3O2S. The summed E-state index contributed by atoms with van der Waals surface area (Å²) in [6.07, 6.45) is 1.61. The number of carbonyl (C=O) groups excluding carboxylic acids is 1. The average Bonchev–Trinajstić information content (AvgIpc) is 2.80. The maximum atomic E-state index is 11.5. The average molecular weight is 234 g/mol. The number of nitrogens with zero attached hydrogens (tertiary/aromatic N) is 2. The number of aliphatic hydroxyl groups excluding tert-OH is 1. The summed E-state index contributed by atoms with van der Waals surface area (Å²) in [7, 11) is 0. The minimum atomic E-state index is -0.421. The van der Waals surface area contributed by atoms with Gasteiger partial charge in [-0.2, -0.15) is 0 Å². The molecule has 5 nitrogen and oxygen atoms in total. The molecule has 1 aliphatic rings. The first-order valence-electron chi connectivity index (χ1n) is 4.08. The van der Waals surface area contributed by atoms with E-state index in [-0.39, 0.29) is 22.0 Å². The number of aliphatic hydroxyl groups is 1. The first kappa shape index (κ1) is 9.82. The topological polar surface area (TPSA) is 75.1 Å². The van der Waals surface area contributed by atoms with Crippen molar-refractivity contribution >= 4 is 28.8 Å². The van der Waals surface area contributed by atoms with Crippen LogP contribution in [0.3, 0.4) is 0 Å². The summed E-state index contributed by atoms with van der Waals surface area (Å²) in [6.45, 7) is -0.0364. The highest BCUT2D eigenvalue weighted by atomic mass is 35.5. The van der Waals surface area contributed by atoms with Gasteiger partial charge in [0.2, 0.25) is 9.47 Å². The number of hydrogen-bond acceptors (Lipinski definition) is 5. The second-order valence-electron chi connectivity index (χ2n) is 3.25. The lowest BCUT2D eigenvalue weighted by molar-refractivity contribution is 0.0905. The fourth-order valence-corrected chi connectivity index (χ4v) is 1.79. The smallest absolute Gasteiger partial charge is 0.282 e. The Morgan fingerprint density at radius 3 is 2.79 bits per heavy atom. The zero-order valence-corrected chi connectivity index (χ0v) is 8.73. The van der Waals surface area contributed by atoms with Gasteiger partial charge < -0.3 is 10.4 Å². The Hall–Kier alpha value is -0.720. The third-order valence-electron chi connectivity index (χ3n) is 2.13. The minimum Gasteiger partial charge on any atom is -0.394 e. The van der Waals surface area contributed by atoms with Crippen LogP contribution in [0.1, 0.15) is 22.6 Å². The molecule has 7 heteroatoms. The monoisotopic (exact) mass is 233 g/mol. The Balaban J connectivity index is 2.03. The van der Waals surface area contributed by atoms with E-state index in [9.17, 15) is 4.79 Å². The van der Waals surface area contributed by atoms with Gasteiger partial charge in [-0.15, -0.1) is 10.2 Å². The van der Waals surface area contributed by atoms with Gasteiger partial charge in [0.1, 0.15) is 0 Å². The van der Waals surface area contributed by atoms with Crippen molar-refractivity contribution in [1.82, 2.24) is 15.5 Å². The molecule has 0 aromatic carbocycles.